The van der Waals surface area contributed by atoms with Crippen LogP contribution in [0.5, 0.6) is 23.0 Å². The van der Waals surface area contributed by atoms with Gasteiger partial charge in [-0.15, -0.1) is 0 Å². The molecule has 0 atom stereocenters. The number of phenolic OH excluding ortho intramolecular Hbond substituents is 1. The Kier molecular flexibility index (Phi) is 7.87. The summed E-state index contributed by atoms with van der Waals surface area (Å²) < 4.78 is 17.4. The zero-order valence-electron chi connectivity index (χ0n) is 16.1. The fraction of sp³-hybridized carbons (Fsp3) is 0.333. The zero-order valence-corrected chi connectivity index (χ0v) is 17.7. The molecule has 0 aliphatic carbocycles. The predicted molar refractivity (Wildman–Crippen MR) is 109 cm³/mol. The van der Waals surface area contributed by atoms with Crippen LogP contribution in [0.2, 0.25) is 0 Å². The molecule has 0 saturated heterocycles. The third-order valence-corrected chi connectivity index (χ3v) is 4.58. The third kappa shape index (κ3) is 5.04. The second-order valence-corrected chi connectivity index (χ2v) is 6.55. The monoisotopic (exact) mass is 450 g/mol. The summed E-state index contributed by atoms with van der Waals surface area (Å²) >= 11 is 3.44. The Morgan fingerprint density at radius 1 is 0.893 bits per heavy atom. The molecule has 0 heterocycles. The molecule has 0 saturated carbocycles. The number of halogens is 1. The summed E-state index contributed by atoms with van der Waals surface area (Å²) in [5.41, 5.74) is 0.540. The first-order valence-electron chi connectivity index (χ1n) is 9.03. The second kappa shape index (κ2) is 10.1. The summed E-state index contributed by atoms with van der Waals surface area (Å²) in [4.78, 5) is 25.5. The van der Waals surface area contributed by atoms with E-state index in [4.69, 9.17) is 14.2 Å². The lowest BCUT2D eigenvalue weighted by Gasteiger charge is -2.18. The molecular formula is C21H23BrO6. The highest BCUT2D eigenvalue weighted by Crippen LogP contribution is 2.44. The van der Waals surface area contributed by atoms with Gasteiger partial charge in [-0.25, -0.2) is 0 Å². The number of hydrogen-bond acceptors (Lipinski definition) is 6. The van der Waals surface area contributed by atoms with Crippen molar-refractivity contribution in [2.75, 3.05) is 19.8 Å². The number of rotatable bonds is 10. The topological polar surface area (TPSA) is 82.1 Å². The number of Topliss-reactive ketones (excluding diaryl/α,β-unsaturated/α-hetero) is 2. The quantitative estimate of drug-likeness (QED) is 0.413. The molecule has 150 valence electrons. The molecule has 2 rings (SSSR count). The smallest absolute Gasteiger partial charge is 0.178 e. The normalized spacial score (nSPS) is 10.4. The Morgan fingerprint density at radius 3 is 2.04 bits per heavy atom. The molecule has 0 bridgehead atoms. The minimum atomic E-state index is -0.422. The number of carbonyl (C=O) groups excluding carboxylic acids is 2. The van der Waals surface area contributed by atoms with Gasteiger partial charge in [0.05, 0.1) is 26.2 Å². The molecule has 2 aromatic rings. The maximum absolute atomic E-state index is 13.0. The number of hydrogen-bond donors (Lipinski definition) is 1. The van der Waals surface area contributed by atoms with Crippen LogP contribution in [0.15, 0.2) is 34.8 Å². The molecular weight excluding hydrogens is 428 g/mol. The van der Waals surface area contributed by atoms with Crippen LogP contribution in [0.1, 0.15) is 47.9 Å². The van der Waals surface area contributed by atoms with Crippen LogP contribution >= 0.6 is 15.9 Å². The molecule has 0 fully saturated rings. The molecule has 0 radical (unpaired) electrons. The van der Waals surface area contributed by atoms with Gasteiger partial charge in [-0.2, -0.15) is 0 Å². The maximum Gasteiger partial charge on any atom is 0.178 e. The van der Waals surface area contributed by atoms with E-state index in [-0.39, 0.29) is 23.5 Å². The highest BCUT2D eigenvalue weighted by Gasteiger charge is 2.27. The van der Waals surface area contributed by atoms with E-state index < -0.39 is 5.78 Å². The van der Waals surface area contributed by atoms with Gasteiger partial charge in [0, 0.05) is 11.6 Å². The molecule has 0 amide bonds. The maximum atomic E-state index is 13.0. The van der Waals surface area contributed by atoms with Gasteiger partial charge in [0.1, 0.15) is 27.3 Å². The Bertz CT molecular complexity index is 845. The fourth-order valence-corrected chi connectivity index (χ4v) is 3.19. The van der Waals surface area contributed by atoms with Crippen molar-refractivity contribution < 1.29 is 28.9 Å². The Hall–Kier alpha value is -2.54. The van der Waals surface area contributed by atoms with Crippen molar-refractivity contribution in [3.05, 3.63) is 45.9 Å². The fourth-order valence-electron chi connectivity index (χ4n) is 2.65. The standard InChI is InChI=1S/C21H23BrO6/c1-4-26-17-12-18(27-5-2)20(22)21(28-6-3)19(17)16(25)11-15(24)13-7-9-14(23)10-8-13/h7-10,12,23H,4-6,11H2,1-3H3. The van der Waals surface area contributed by atoms with Crippen LogP contribution in [0.4, 0.5) is 0 Å². The molecule has 0 spiro atoms. The van der Waals surface area contributed by atoms with Crippen LogP contribution in [0, 0.1) is 0 Å². The Balaban J connectivity index is 2.45. The number of ketones is 2. The molecule has 28 heavy (non-hydrogen) atoms. The van der Waals surface area contributed by atoms with Gasteiger partial charge < -0.3 is 19.3 Å². The van der Waals surface area contributed by atoms with Gasteiger partial charge >= 0.3 is 0 Å². The molecule has 0 aliphatic heterocycles. The van der Waals surface area contributed by atoms with Crippen LogP contribution in [0.3, 0.4) is 0 Å². The Labute approximate surface area is 172 Å². The molecule has 0 unspecified atom stereocenters. The molecule has 6 nitrogen and oxygen atoms in total. The summed E-state index contributed by atoms with van der Waals surface area (Å²) in [5, 5.41) is 9.36. The first-order valence-corrected chi connectivity index (χ1v) is 9.82. The van der Waals surface area contributed by atoms with Gasteiger partial charge in [-0.05, 0) is 61.0 Å². The third-order valence-electron chi connectivity index (χ3n) is 3.83. The minimum Gasteiger partial charge on any atom is -0.508 e. The number of carbonyl (C=O) groups is 2. The summed E-state index contributed by atoms with van der Waals surface area (Å²) in [6.07, 6.45) is -0.356. The first-order chi connectivity index (χ1) is 13.4. The van der Waals surface area contributed by atoms with Crippen LogP contribution in [-0.4, -0.2) is 36.5 Å². The van der Waals surface area contributed by atoms with Crippen molar-refractivity contribution in [2.45, 2.75) is 27.2 Å². The average molecular weight is 451 g/mol. The van der Waals surface area contributed by atoms with E-state index >= 15 is 0 Å². The summed E-state index contributed by atoms with van der Waals surface area (Å²) in [5.74, 6) is 0.363. The van der Waals surface area contributed by atoms with Crippen molar-refractivity contribution >= 4 is 27.5 Å². The van der Waals surface area contributed by atoms with Crippen LogP contribution in [-0.2, 0) is 0 Å². The van der Waals surface area contributed by atoms with Crippen molar-refractivity contribution in [1.82, 2.24) is 0 Å². The number of ether oxygens (including phenoxy) is 3. The lowest BCUT2D eigenvalue weighted by Crippen LogP contribution is -2.13. The summed E-state index contributed by atoms with van der Waals surface area (Å²) in [6, 6.07) is 7.39. The number of benzene rings is 2. The zero-order chi connectivity index (χ0) is 20.7. The van der Waals surface area contributed by atoms with E-state index in [0.717, 1.165) is 0 Å². The SMILES string of the molecule is CCOc1cc(OCC)c(C(=O)CC(=O)c2ccc(O)cc2)c(OCC)c1Br. The van der Waals surface area contributed by atoms with Gasteiger partial charge in [0.2, 0.25) is 0 Å². The first kappa shape index (κ1) is 21.8. The van der Waals surface area contributed by atoms with Crippen molar-refractivity contribution in [3.8, 4) is 23.0 Å². The number of phenols is 1. The molecule has 2 aromatic carbocycles. The summed E-state index contributed by atoms with van der Waals surface area (Å²) in [6.45, 7) is 6.55. The number of aromatic hydroxyl groups is 1. The highest BCUT2D eigenvalue weighted by atomic mass is 79.9. The van der Waals surface area contributed by atoms with Gasteiger partial charge in [-0.1, -0.05) is 0 Å². The second-order valence-electron chi connectivity index (χ2n) is 5.76. The minimum absolute atomic E-state index is 0.0515. The van der Waals surface area contributed by atoms with Gasteiger partial charge in [0.25, 0.3) is 0 Å². The van der Waals surface area contributed by atoms with E-state index in [1.54, 1.807) is 19.9 Å². The van der Waals surface area contributed by atoms with Crippen LogP contribution < -0.4 is 14.2 Å². The lowest BCUT2D eigenvalue weighted by atomic mass is 9.99. The summed E-state index contributed by atoms with van der Waals surface area (Å²) in [7, 11) is 0. The van der Waals surface area contributed by atoms with E-state index in [1.807, 2.05) is 6.92 Å². The highest BCUT2D eigenvalue weighted by molar-refractivity contribution is 9.10. The molecule has 7 heteroatoms. The van der Waals surface area contributed by atoms with E-state index in [2.05, 4.69) is 15.9 Å². The predicted octanol–water partition coefficient (Wildman–Crippen LogP) is 4.81. The van der Waals surface area contributed by atoms with Crippen molar-refractivity contribution in [1.29, 1.82) is 0 Å². The van der Waals surface area contributed by atoms with E-state index in [1.165, 1.54) is 24.3 Å². The lowest BCUT2D eigenvalue weighted by molar-refractivity contribution is 0.0890. The molecule has 1 N–H and O–H groups in total. The largest absolute Gasteiger partial charge is 0.508 e. The van der Waals surface area contributed by atoms with E-state index in [0.29, 0.717) is 47.1 Å². The van der Waals surface area contributed by atoms with Gasteiger partial charge in [0.15, 0.2) is 17.3 Å². The van der Waals surface area contributed by atoms with Crippen LogP contribution in [0.25, 0.3) is 0 Å². The molecule has 0 aromatic heterocycles. The Morgan fingerprint density at radius 2 is 1.46 bits per heavy atom. The van der Waals surface area contributed by atoms with E-state index in [9.17, 15) is 14.7 Å². The van der Waals surface area contributed by atoms with Crippen molar-refractivity contribution in [2.24, 2.45) is 0 Å². The molecule has 0 aliphatic rings. The van der Waals surface area contributed by atoms with Gasteiger partial charge in [-0.3, -0.25) is 9.59 Å². The average Bonchev–Trinajstić information content (AvgIpc) is 2.66. The van der Waals surface area contributed by atoms with Crippen molar-refractivity contribution in [3.63, 3.8) is 0 Å².